The Morgan fingerprint density at radius 2 is 1.44 bits per heavy atom. The smallest absolute Gasteiger partial charge is 0.407 e. The van der Waals surface area contributed by atoms with E-state index in [1.807, 2.05) is 13.8 Å². The van der Waals surface area contributed by atoms with Crippen LogP contribution in [0.1, 0.15) is 66.7 Å². The van der Waals surface area contributed by atoms with Gasteiger partial charge < -0.3 is 24.8 Å². The Morgan fingerprint density at radius 1 is 0.853 bits per heavy atom. The van der Waals surface area contributed by atoms with Crippen LogP contribution in [-0.4, -0.2) is 56.8 Å². The molecule has 2 N–H and O–H groups in total. The molecule has 34 heavy (non-hydrogen) atoms. The molecule has 9 heteroatoms. The lowest BCUT2D eigenvalue weighted by Gasteiger charge is -2.28. The first-order chi connectivity index (χ1) is 15.8. The summed E-state index contributed by atoms with van der Waals surface area (Å²) in [5.74, 6) is -0.174. The molecule has 0 radical (unpaired) electrons. The first kappa shape index (κ1) is 31.2. The number of amides is 2. The van der Waals surface area contributed by atoms with Gasteiger partial charge in [0.2, 0.25) is 0 Å². The van der Waals surface area contributed by atoms with Gasteiger partial charge >= 0.3 is 18.2 Å². The molecule has 0 bridgehead atoms. The molecule has 0 heterocycles. The largest absolute Gasteiger partial charge is 0.459 e. The van der Waals surface area contributed by atoms with Crippen LogP contribution in [0.3, 0.4) is 0 Å². The number of ketones is 1. The first-order valence-electron chi connectivity index (χ1n) is 11.7. The second kappa shape index (κ2) is 16.7. The van der Waals surface area contributed by atoms with Crippen LogP contribution in [0.25, 0.3) is 0 Å². The van der Waals surface area contributed by atoms with Gasteiger partial charge in [0.05, 0.1) is 6.61 Å². The highest BCUT2D eigenvalue weighted by Crippen LogP contribution is 2.26. The number of carbonyl (C=O) groups is 4. The number of rotatable bonds is 17. The van der Waals surface area contributed by atoms with Crippen molar-refractivity contribution in [3.8, 4) is 0 Å². The van der Waals surface area contributed by atoms with E-state index in [1.54, 1.807) is 13.8 Å². The summed E-state index contributed by atoms with van der Waals surface area (Å²) in [6.07, 6.45) is 2.28. The zero-order chi connectivity index (χ0) is 26.1. The number of hydrogen-bond acceptors (Lipinski definition) is 7. The van der Waals surface area contributed by atoms with Crippen LogP contribution in [0.15, 0.2) is 24.3 Å². The molecule has 0 fully saturated rings. The summed E-state index contributed by atoms with van der Waals surface area (Å²) in [6, 6.07) is 0. The summed E-state index contributed by atoms with van der Waals surface area (Å²) in [7, 11) is 0. The lowest BCUT2D eigenvalue weighted by molar-refractivity contribution is -0.139. The van der Waals surface area contributed by atoms with Crippen molar-refractivity contribution in [3.63, 3.8) is 0 Å². The van der Waals surface area contributed by atoms with Crippen molar-refractivity contribution in [2.24, 2.45) is 11.3 Å². The predicted molar refractivity (Wildman–Crippen MR) is 130 cm³/mol. The van der Waals surface area contributed by atoms with Gasteiger partial charge in [-0.3, -0.25) is 4.79 Å². The molecule has 194 valence electrons. The monoisotopic (exact) mass is 482 g/mol. The molecule has 0 aliphatic carbocycles. The Kier molecular flexibility index (Phi) is 15.3. The SMILES string of the molecule is C=C(C)C(=O)CCCCOC(=O)NCCC(C)CC(C)(C)CNC(=O)OCCOC(=O)C(=C)C. The fourth-order valence-corrected chi connectivity index (χ4v) is 3.11. The number of hydrogen-bond donors (Lipinski definition) is 2. The molecule has 0 spiro atoms. The number of alkyl carbamates (subject to hydrolysis) is 2. The molecule has 9 nitrogen and oxygen atoms in total. The number of nitrogens with one attached hydrogen (secondary N) is 2. The summed E-state index contributed by atoms with van der Waals surface area (Å²) in [5, 5.41) is 5.46. The maximum atomic E-state index is 11.8. The Hall–Kier alpha value is -2.84. The third-order valence-electron chi connectivity index (χ3n) is 4.92. The molecule has 1 atom stereocenters. The van der Waals surface area contributed by atoms with E-state index in [0.29, 0.717) is 43.8 Å². The summed E-state index contributed by atoms with van der Waals surface area (Å²) in [5.41, 5.74) is 0.661. The lowest BCUT2D eigenvalue weighted by atomic mass is 9.82. The standard InChI is InChI=1S/C25H42N2O7/c1-18(2)21(28)10-8-9-13-33-23(30)26-12-11-20(5)16-25(6,7)17-27-24(31)34-15-14-32-22(29)19(3)4/h20H,1,3,8-17H2,2,4-7H3,(H,26,30)(H,27,31). The highest BCUT2D eigenvalue weighted by molar-refractivity contribution is 5.94. The molecule has 0 saturated carbocycles. The molecule has 0 aliphatic heterocycles. The Labute approximate surface area is 203 Å². The van der Waals surface area contributed by atoms with E-state index in [9.17, 15) is 19.2 Å². The minimum atomic E-state index is -0.569. The van der Waals surface area contributed by atoms with Gasteiger partial charge in [-0.25, -0.2) is 14.4 Å². The average molecular weight is 483 g/mol. The minimum absolute atomic E-state index is 0.0241. The third-order valence-corrected chi connectivity index (χ3v) is 4.92. The Bertz CT molecular complexity index is 716. The van der Waals surface area contributed by atoms with Gasteiger partial charge in [-0.05, 0) is 56.4 Å². The second-order valence-corrected chi connectivity index (χ2v) is 9.39. The molecular weight excluding hydrogens is 440 g/mol. The van der Waals surface area contributed by atoms with Crippen molar-refractivity contribution < 1.29 is 33.4 Å². The van der Waals surface area contributed by atoms with Crippen molar-refractivity contribution in [3.05, 3.63) is 24.3 Å². The summed E-state index contributed by atoms with van der Waals surface area (Å²) < 4.78 is 15.0. The molecule has 2 amide bonds. The molecular formula is C25H42N2O7. The maximum Gasteiger partial charge on any atom is 0.407 e. The van der Waals surface area contributed by atoms with Gasteiger partial charge in [0.1, 0.15) is 13.2 Å². The van der Waals surface area contributed by atoms with E-state index >= 15 is 0 Å². The quantitative estimate of drug-likeness (QED) is 0.137. The van der Waals surface area contributed by atoms with Gasteiger partial charge in [0.25, 0.3) is 0 Å². The van der Waals surface area contributed by atoms with Gasteiger partial charge in [-0.1, -0.05) is 33.9 Å². The second-order valence-electron chi connectivity index (χ2n) is 9.39. The average Bonchev–Trinajstić information content (AvgIpc) is 2.74. The lowest BCUT2D eigenvalue weighted by Crippen LogP contribution is -2.36. The van der Waals surface area contributed by atoms with Crippen molar-refractivity contribution in [1.82, 2.24) is 10.6 Å². The van der Waals surface area contributed by atoms with E-state index in [4.69, 9.17) is 14.2 Å². The molecule has 1 unspecified atom stereocenters. The van der Waals surface area contributed by atoms with Crippen LogP contribution in [-0.2, 0) is 23.8 Å². The Balaban J connectivity index is 3.93. The van der Waals surface area contributed by atoms with Gasteiger partial charge in [-0.2, -0.15) is 0 Å². The van der Waals surface area contributed by atoms with Crippen molar-refractivity contribution in [2.75, 3.05) is 32.9 Å². The van der Waals surface area contributed by atoms with E-state index in [2.05, 4.69) is 30.7 Å². The minimum Gasteiger partial charge on any atom is -0.459 e. The number of esters is 1. The third kappa shape index (κ3) is 16.7. The number of carbonyl (C=O) groups excluding carboxylic acids is 4. The van der Waals surface area contributed by atoms with Gasteiger partial charge in [-0.15, -0.1) is 0 Å². The van der Waals surface area contributed by atoms with E-state index in [-0.39, 0.29) is 36.6 Å². The molecule has 0 aliphatic rings. The van der Waals surface area contributed by atoms with Crippen LogP contribution in [0.2, 0.25) is 0 Å². The topological polar surface area (TPSA) is 120 Å². The number of Topliss-reactive ketones (excluding diaryl/α,β-unsaturated/α-hetero) is 1. The number of unbranched alkanes of at least 4 members (excludes halogenated alkanes) is 1. The zero-order valence-corrected chi connectivity index (χ0v) is 21.4. The van der Waals surface area contributed by atoms with Crippen molar-refractivity contribution in [2.45, 2.75) is 66.7 Å². The fraction of sp³-hybridized carbons (Fsp3) is 0.680. The molecule has 0 aromatic rings. The highest BCUT2D eigenvalue weighted by atomic mass is 16.6. The summed E-state index contributed by atoms with van der Waals surface area (Å²) >= 11 is 0. The fourth-order valence-electron chi connectivity index (χ4n) is 3.11. The van der Waals surface area contributed by atoms with Crippen molar-refractivity contribution >= 4 is 23.9 Å². The molecule has 0 saturated heterocycles. The molecule has 0 rings (SSSR count). The number of allylic oxidation sites excluding steroid dienone is 1. The van der Waals surface area contributed by atoms with Gasteiger partial charge in [0, 0.05) is 25.1 Å². The zero-order valence-electron chi connectivity index (χ0n) is 21.4. The highest BCUT2D eigenvalue weighted by Gasteiger charge is 2.22. The maximum absolute atomic E-state index is 11.8. The molecule has 0 aromatic carbocycles. The van der Waals surface area contributed by atoms with Crippen molar-refractivity contribution in [1.29, 1.82) is 0 Å². The van der Waals surface area contributed by atoms with Gasteiger partial charge in [0.15, 0.2) is 5.78 Å². The summed E-state index contributed by atoms with van der Waals surface area (Å²) in [4.78, 5) is 46.3. The summed E-state index contributed by atoms with van der Waals surface area (Å²) in [6.45, 7) is 17.6. The Morgan fingerprint density at radius 3 is 2.06 bits per heavy atom. The van der Waals surface area contributed by atoms with Crippen LogP contribution >= 0.6 is 0 Å². The van der Waals surface area contributed by atoms with E-state index < -0.39 is 18.2 Å². The molecule has 0 aromatic heterocycles. The normalized spacial score (nSPS) is 11.7. The van der Waals surface area contributed by atoms with E-state index in [1.165, 1.54) is 0 Å². The van der Waals surface area contributed by atoms with Crippen LogP contribution in [0.4, 0.5) is 9.59 Å². The van der Waals surface area contributed by atoms with Crippen LogP contribution in [0.5, 0.6) is 0 Å². The van der Waals surface area contributed by atoms with E-state index in [0.717, 1.165) is 12.8 Å². The van der Waals surface area contributed by atoms with Crippen LogP contribution < -0.4 is 10.6 Å². The number of ether oxygens (including phenoxy) is 3. The van der Waals surface area contributed by atoms with Crippen LogP contribution in [0, 0.1) is 11.3 Å². The predicted octanol–water partition coefficient (Wildman–Crippen LogP) is 4.32. The first-order valence-corrected chi connectivity index (χ1v) is 11.7.